The van der Waals surface area contributed by atoms with Gasteiger partial charge in [-0.3, -0.25) is 9.59 Å². The Hall–Kier alpha value is -1.88. The van der Waals surface area contributed by atoms with Gasteiger partial charge >= 0.3 is 5.97 Å². The van der Waals surface area contributed by atoms with Crippen LogP contribution in [0.1, 0.15) is 25.3 Å². The maximum atomic E-state index is 12.1. The summed E-state index contributed by atoms with van der Waals surface area (Å²) in [4.78, 5) is 24.3. The molecule has 5 heteroatoms. The van der Waals surface area contributed by atoms with Gasteiger partial charge in [0, 0.05) is 25.3 Å². The summed E-state index contributed by atoms with van der Waals surface area (Å²) in [6.45, 7) is 4.64. The normalized spacial score (nSPS) is 10.3. The van der Waals surface area contributed by atoms with Gasteiger partial charge in [-0.05, 0) is 32.4 Å². The molecule has 0 unspecified atom stereocenters. The summed E-state index contributed by atoms with van der Waals surface area (Å²) >= 11 is 0. The third-order valence-electron chi connectivity index (χ3n) is 2.82. The summed E-state index contributed by atoms with van der Waals surface area (Å²) in [7, 11) is 0. The van der Waals surface area contributed by atoms with Crippen molar-refractivity contribution in [1.29, 1.82) is 0 Å². The number of carboxylic acid groups (broad SMARTS) is 1. The van der Waals surface area contributed by atoms with Crippen LogP contribution in [0.5, 0.6) is 0 Å². The van der Waals surface area contributed by atoms with Crippen molar-refractivity contribution in [2.75, 3.05) is 24.7 Å². The van der Waals surface area contributed by atoms with Crippen molar-refractivity contribution in [3.05, 3.63) is 29.8 Å². The number of benzene rings is 1. The highest BCUT2D eigenvalue weighted by molar-refractivity contribution is 5.97. The molecule has 1 rings (SSSR count). The molecule has 0 aliphatic heterocycles. The van der Waals surface area contributed by atoms with Crippen LogP contribution in [0.2, 0.25) is 0 Å². The van der Waals surface area contributed by atoms with E-state index in [1.807, 2.05) is 26.0 Å². The van der Waals surface area contributed by atoms with Crippen LogP contribution >= 0.6 is 0 Å². The lowest BCUT2D eigenvalue weighted by molar-refractivity contribution is -0.136. The van der Waals surface area contributed by atoms with Crippen molar-refractivity contribution >= 4 is 17.6 Å². The van der Waals surface area contributed by atoms with Crippen LogP contribution < -0.4 is 4.90 Å². The van der Waals surface area contributed by atoms with Crippen LogP contribution in [0.3, 0.4) is 0 Å². The third kappa shape index (κ3) is 5.40. The second-order valence-corrected chi connectivity index (χ2v) is 4.51. The predicted octanol–water partition coefficient (Wildman–Crippen LogP) is 2.23. The van der Waals surface area contributed by atoms with E-state index in [9.17, 15) is 9.59 Å². The molecule has 1 N–H and O–H groups in total. The quantitative estimate of drug-likeness (QED) is 0.741. The number of amides is 1. The largest absolute Gasteiger partial charge is 0.480 e. The zero-order chi connectivity index (χ0) is 15.0. The average molecular weight is 279 g/mol. The monoisotopic (exact) mass is 279 g/mol. The topological polar surface area (TPSA) is 66.8 Å². The van der Waals surface area contributed by atoms with Gasteiger partial charge in [0.25, 0.3) is 0 Å². The Kier molecular flexibility index (Phi) is 6.73. The van der Waals surface area contributed by atoms with E-state index in [1.54, 1.807) is 12.1 Å². The van der Waals surface area contributed by atoms with Gasteiger partial charge in [0.1, 0.15) is 6.54 Å². The molecule has 20 heavy (non-hydrogen) atoms. The first-order chi connectivity index (χ1) is 9.54. The van der Waals surface area contributed by atoms with E-state index in [0.717, 1.165) is 5.56 Å². The third-order valence-corrected chi connectivity index (χ3v) is 2.82. The summed E-state index contributed by atoms with van der Waals surface area (Å²) in [5.74, 6) is -1.22. The molecule has 0 aliphatic carbocycles. The van der Waals surface area contributed by atoms with Crippen molar-refractivity contribution in [3.8, 4) is 0 Å². The molecule has 0 aliphatic rings. The number of carboxylic acids is 1. The smallest absolute Gasteiger partial charge is 0.323 e. The molecular weight excluding hydrogens is 258 g/mol. The minimum atomic E-state index is -1.02. The highest BCUT2D eigenvalue weighted by atomic mass is 16.5. The van der Waals surface area contributed by atoms with Gasteiger partial charge in [-0.1, -0.05) is 17.7 Å². The zero-order valence-corrected chi connectivity index (χ0v) is 12.0. The second kappa shape index (κ2) is 8.32. The van der Waals surface area contributed by atoms with E-state index in [4.69, 9.17) is 9.84 Å². The summed E-state index contributed by atoms with van der Waals surface area (Å²) in [5.41, 5.74) is 1.67. The Morgan fingerprint density at radius 3 is 2.45 bits per heavy atom. The summed E-state index contributed by atoms with van der Waals surface area (Å²) < 4.78 is 5.18. The number of rotatable bonds is 8. The van der Waals surface area contributed by atoms with Crippen molar-refractivity contribution < 1.29 is 19.4 Å². The van der Waals surface area contributed by atoms with Crippen LogP contribution in [0, 0.1) is 6.92 Å². The number of anilines is 1. The molecule has 1 aromatic rings. The number of nitrogens with zero attached hydrogens (tertiary/aromatic N) is 1. The summed E-state index contributed by atoms with van der Waals surface area (Å²) in [5, 5.41) is 8.94. The van der Waals surface area contributed by atoms with Gasteiger partial charge < -0.3 is 14.7 Å². The number of aliphatic carboxylic acids is 1. The molecule has 0 aromatic heterocycles. The van der Waals surface area contributed by atoms with E-state index in [0.29, 0.717) is 25.3 Å². The molecule has 110 valence electrons. The maximum absolute atomic E-state index is 12.1. The Labute approximate surface area is 119 Å². The van der Waals surface area contributed by atoms with Gasteiger partial charge in [-0.25, -0.2) is 0 Å². The predicted molar refractivity (Wildman–Crippen MR) is 76.9 cm³/mol. The van der Waals surface area contributed by atoms with Gasteiger partial charge in [0.05, 0.1) is 0 Å². The van der Waals surface area contributed by atoms with E-state index < -0.39 is 5.97 Å². The number of carbonyl (C=O) groups is 2. The Morgan fingerprint density at radius 2 is 1.90 bits per heavy atom. The lowest BCUT2D eigenvalue weighted by Crippen LogP contribution is -2.35. The van der Waals surface area contributed by atoms with Gasteiger partial charge in [0.15, 0.2) is 0 Å². The lowest BCUT2D eigenvalue weighted by atomic mass is 10.2. The number of hydrogen-bond acceptors (Lipinski definition) is 3. The maximum Gasteiger partial charge on any atom is 0.323 e. The molecule has 0 spiro atoms. The molecule has 0 fully saturated rings. The van der Waals surface area contributed by atoms with Crippen molar-refractivity contribution in [2.45, 2.75) is 26.7 Å². The minimum Gasteiger partial charge on any atom is -0.480 e. The van der Waals surface area contributed by atoms with Crippen molar-refractivity contribution in [2.24, 2.45) is 0 Å². The lowest BCUT2D eigenvalue weighted by Gasteiger charge is -2.21. The highest BCUT2D eigenvalue weighted by Gasteiger charge is 2.18. The molecule has 0 bridgehead atoms. The standard InChI is InChI=1S/C15H21NO4/c1-3-20-10-4-5-14(17)16(11-15(18)19)13-8-6-12(2)7-9-13/h6-9H,3-5,10-11H2,1-2H3,(H,18,19). The van der Waals surface area contributed by atoms with Crippen LogP contribution in [-0.2, 0) is 14.3 Å². The fraction of sp³-hybridized carbons (Fsp3) is 0.467. The highest BCUT2D eigenvalue weighted by Crippen LogP contribution is 2.16. The number of aryl methyl sites for hydroxylation is 1. The Morgan fingerprint density at radius 1 is 1.25 bits per heavy atom. The Balaban J connectivity index is 2.70. The first-order valence-electron chi connectivity index (χ1n) is 6.71. The first kappa shape index (κ1) is 16.2. The van der Waals surface area contributed by atoms with E-state index >= 15 is 0 Å². The average Bonchev–Trinajstić information content (AvgIpc) is 2.42. The van der Waals surface area contributed by atoms with Gasteiger partial charge in [-0.2, -0.15) is 0 Å². The van der Waals surface area contributed by atoms with Crippen LogP contribution in [-0.4, -0.2) is 36.7 Å². The zero-order valence-electron chi connectivity index (χ0n) is 12.0. The molecule has 5 nitrogen and oxygen atoms in total. The molecule has 1 aromatic carbocycles. The van der Waals surface area contributed by atoms with E-state index in [-0.39, 0.29) is 18.9 Å². The number of carbonyl (C=O) groups excluding carboxylic acids is 1. The fourth-order valence-electron chi connectivity index (χ4n) is 1.79. The molecule has 0 heterocycles. The first-order valence-corrected chi connectivity index (χ1v) is 6.71. The molecule has 1 amide bonds. The van der Waals surface area contributed by atoms with Gasteiger partial charge in [0.2, 0.25) is 5.91 Å². The van der Waals surface area contributed by atoms with Crippen molar-refractivity contribution in [1.82, 2.24) is 0 Å². The molecule has 0 atom stereocenters. The fourth-order valence-corrected chi connectivity index (χ4v) is 1.79. The minimum absolute atomic E-state index is 0.198. The van der Waals surface area contributed by atoms with Crippen LogP contribution in [0.25, 0.3) is 0 Å². The van der Waals surface area contributed by atoms with E-state index in [2.05, 4.69) is 0 Å². The molecule has 0 saturated heterocycles. The molecule has 0 saturated carbocycles. The summed E-state index contributed by atoms with van der Waals surface area (Å²) in [6.07, 6.45) is 0.871. The molecule has 0 radical (unpaired) electrons. The second-order valence-electron chi connectivity index (χ2n) is 4.51. The summed E-state index contributed by atoms with van der Waals surface area (Å²) in [6, 6.07) is 7.24. The van der Waals surface area contributed by atoms with Crippen LogP contribution in [0.15, 0.2) is 24.3 Å². The Bertz CT molecular complexity index is 442. The number of ether oxygens (including phenoxy) is 1. The van der Waals surface area contributed by atoms with E-state index in [1.165, 1.54) is 4.90 Å². The molecular formula is C15H21NO4. The number of hydrogen-bond donors (Lipinski definition) is 1. The van der Waals surface area contributed by atoms with Crippen molar-refractivity contribution in [3.63, 3.8) is 0 Å². The van der Waals surface area contributed by atoms with Crippen LogP contribution in [0.4, 0.5) is 5.69 Å². The SMILES string of the molecule is CCOCCCC(=O)N(CC(=O)O)c1ccc(C)cc1. The van der Waals surface area contributed by atoms with Gasteiger partial charge in [-0.15, -0.1) is 0 Å².